The topological polar surface area (TPSA) is 140 Å². The molecule has 3 amide bonds. The van der Waals surface area contributed by atoms with E-state index in [-0.39, 0.29) is 29.9 Å². The number of alkyl carbamates (subject to hydrolysis) is 1. The molecule has 0 radical (unpaired) electrons. The Bertz CT molecular complexity index is 2070. The van der Waals surface area contributed by atoms with Crippen LogP contribution in [0.25, 0.3) is 5.57 Å². The molecule has 2 fully saturated rings. The number of hydrogen-bond donors (Lipinski definition) is 3. The fraction of sp³-hybridized carbons (Fsp3) is 0.432. The molecule has 56 heavy (non-hydrogen) atoms. The Kier molecular flexibility index (Phi) is 11.3. The SMILES string of the molecule is CCN(CC)[C@@H](C(=O)N1CCC[C@H]1c1ncc(C2(c3cnc([C@@H]4CCCN4C(=O)C(C)(C)NC(=O)OC)[nH]3)C=CC(c3ccccc3)=CC2)[nH]1)c1ccccc1. The maximum absolute atomic E-state index is 14.5. The van der Waals surface area contributed by atoms with Gasteiger partial charge in [0, 0.05) is 25.5 Å². The number of amides is 3. The average molecular weight is 759 g/mol. The van der Waals surface area contributed by atoms with Gasteiger partial charge in [-0.25, -0.2) is 14.8 Å². The summed E-state index contributed by atoms with van der Waals surface area (Å²) in [6.07, 6.45) is 13.7. The number of nitrogens with one attached hydrogen (secondary N) is 3. The zero-order valence-electron chi connectivity index (χ0n) is 33.1. The van der Waals surface area contributed by atoms with Crippen molar-refractivity contribution in [2.75, 3.05) is 33.3 Å². The summed E-state index contributed by atoms with van der Waals surface area (Å²) in [7, 11) is 1.28. The molecule has 1 aliphatic carbocycles. The highest BCUT2D eigenvalue weighted by molar-refractivity contribution is 5.89. The summed E-state index contributed by atoms with van der Waals surface area (Å²) in [5.74, 6) is 1.37. The lowest BCUT2D eigenvalue weighted by Gasteiger charge is -2.34. The van der Waals surface area contributed by atoms with Crippen molar-refractivity contribution < 1.29 is 19.1 Å². The predicted octanol–water partition coefficient (Wildman–Crippen LogP) is 7.01. The number of aromatic nitrogens is 4. The fourth-order valence-corrected chi connectivity index (χ4v) is 8.71. The molecule has 1 unspecified atom stereocenters. The van der Waals surface area contributed by atoms with Crippen molar-refractivity contribution in [3.05, 3.63) is 125 Å². The van der Waals surface area contributed by atoms with Crippen LogP contribution in [0.3, 0.4) is 0 Å². The van der Waals surface area contributed by atoms with Crippen molar-refractivity contribution in [2.45, 2.75) is 88.9 Å². The molecule has 2 aliphatic heterocycles. The maximum Gasteiger partial charge on any atom is 0.407 e. The third-order valence-corrected chi connectivity index (χ3v) is 11.8. The molecule has 4 heterocycles. The van der Waals surface area contributed by atoms with E-state index in [9.17, 15) is 14.4 Å². The van der Waals surface area contributed by atoms with Gasteiger partial charge >= 0.3 is 6.09 Å². The maximum atomic E-state index is 14.5. The van der Waals surface area contributed by atoms with Crippen LogP contribution in [-0.2, 0) is 19.7 Å². The Balaban J connectivity index is 1.21. The first-order valence-electron chi connectivity index (χ1n) is 19.9. The van der Waals surface area contributed by atoms with E-state index in [1.165, 1.54) is 7.11 Å². The van der Waals surface area contributed by atoms with Crippen LogP contribution in [0.15, 0.2) is 91.3 Å². The summed E-state index contributed by atoms with van der Waals surface area (Å²) in [5, 5.41) is 2.68. The molecule has 12 nitrogen and oxygen atoms in total. The Morgan fingerprint density at radius 1 is 0.893 bits per heavy atom. The summed E-state index contributed by atoms with van der Waals surface area (Å²) in [6.45, 7) is 10.3. The summed E-state index contributed by atoms with van der Waals surface area (Å²) in [6, 6.07) is 19.6. The normalized spacial score (nSPS) is 21.6. The van der Waals surface area contributed by atoms with Gasteiger partial charge in [-0.05, 0) is 75.7 Å². The number of likely N-dealkylation sites (N-methyl/N-ethyl adjacent to an activating group) is 1. The Hall–Kier alpha value is -5.49. The number of H-pyrrole nitrogens is 2. The average Bonchev–Trinajstić information content (AvgIpc) is 4.07. The molecule has 2 aromatic heterocycles. The summed E-state index contributed by atoms with van der Waals surface area (Å²) < 4.78 is 4.79. The van der Waals surface area contributed by atoms with Crippen molar-refractivity contribution >= 4 is 23.5 Å². The number of methoxy groups -OCH3 is 1. The number of nitrogens with zero attached hydrogens (tertiary/aromatic N) is 5. The molecular weight excluding hydrogens is 705 g/mol. The van der Waals surface area contributed by atoms with Gasteiger partial charge in [-0.15, -0.1) is 0 Å². The molecule has 0 saturated carbocycles. The van der Waals surface area contributed by atoms with Gasteiger partial charge in [0.05, 0.1) is 36.0 Å². The van der Waals surface area contributed by atoms with E-state index < -0.39 is 17.0 Å². The Labute approximate surface area is 329 Å². The van der Waals surface area contributed by atoms with E-state index in [1.807, 2.05) is 65.8 Å². The number of rotatable bonds is 12. The molecule has 294 valence electrons. The van der Waals surface area contributed by atoms with E-state index in [0.29, 0.717) is 25.3 Å². The van der Waals surface area contributed by atoms with Crippen LogP contribution in [0.2, 0.25) is 0 Å². The first-order chi connectivity index (χ1) is 27.1. The predicted molar refractivity (Wildman–Crippen MR) is 215 cm³/mol. The smallest absolute Gasteiger partial charge is 0.407 e. The minimum atomic E-state index is -1.16. The van der Waals surface area contributed by atoms with Gasteiger partial charge in [-0.2, -0.15) is 0 Å². The standard InChI is InChI=1S/C44H54N8O4/c1-6-50(7-2)37(32-18-12-9-13-19-32)40(53)51-26-14-20-33(51)38-45-28-35(47-38)44(24-22-31(23-25-44)30-16-10-8-11-17-30)36-29-46-39(48-36)34-21-15-27-52(34)41(54)43(3,4)49-42(55)56-5/h8-13,16-19,22-24,28-29,33-34,37H,6-7,14-15,20-21,25-27H2,1-5H3,(H,45,47)(H,46,48)(H,49,55)/t33-,34-,37+,44?/m0/s1. The first kappa shape index (κ1) is 38.8. The second-order valence-electron chi connectivity index (χ2n) is 15.5. The van der Waals surface area contributed by atoms with Crippen LogP contribution in [0, 0.1) is 0 Å². The lowest BCUT2D eigenvalue weighted by atomic mass is 9.74. The van der Waals surface area contributed by atoms with Gasteiger partial charge in [0.2, 0.25) is 11.8 Å². The second kappa shape index (κ2) is 16.3. The lowest BCUT2D eigenvalue weighted by molar-refractivity contribution is -0.139. The van der Waals surface area contributed by atoms with Crippen molar-refractivity contribution in [2.24, 2.45) is 0 Å². The van der Waals surface area contributed by atoms with Crippen molar-refractivity contribution in [1.29, 1.82) is 0 Å². The third-order valence-electron chi connectivity index (χ3n) is 11.8. The van der Waals surface area contributed by atoms with Crippen LogP contribution < -0.4 is 5.32 Å². The van der Waals surface area contributed by atoms with Crippen LogP contribution in [0.5, 0.6) is 0 Å². The summed E-state index contributed by atoms with van der Waals surface area (Å²) in [4.78, 5) is 63.8. The van der Waals surface area contributed by atoms with Crippen LogP contribution in [0.1, 0.15) is 112 Å². The minimum Gasteiger partial charge on any atom is -0.453 e. The monoisotopic (exact) mass is 758 g/mol. The van der Waals surface area contributed by atoms with Crippen LogP contribution >= 0.6 is 0 Å². The fourth-order valence-electron chi connectivity index (χ4n) is 8.71. The molecule has 4 atom stereocenters. The number of aromatic amines is 2. The van der Waals surface area contributed by atoms with E-state index in [4.69, 9.17) is 14.7 Å². The number of benzene rings is 2. The third kappa shape index (κ3) is 7.42. The van der Waals surface area contributed by atoms with E-state index in [1.54, 1.807) is 18.7 Å². The van der Waals surface area contributed by atoms with Gasteiger partial charge in [0.15, 0.2) is 0 Å². The van der Waals surface area contributed by atoms with Crippen molar-refractivity contribution in [3.63, 3.8) is 0 Å². The van der Waals surface area contributed by atoms with Gasteiger partial charge in [-0.3, -0.25) is 14.5 Å². The second-order valence-corrected chi connectivity index (χ2v) is 15.5. The number of likely N-dealkylation sites (tertiary alicyclic amines) is 2. The molecule has 2 saturated heterocycles. The quantitative estimate of drug-likeness (QED) is 0.141. The number of carbonyl (C=O) groups is 3. The lowest BCUT2D eigenvalue weighted by Crippen LogP contribution is -2.55. The van der Waals surface area contributed by atoms with Crippen LogP contribution in [0.4, 0.5) is 4.79 Å². The molecule has 3 aliphatic rings. The molecule has 12 heteroatoms. The minimum absolute atomic E-state index is 0.0990. The molecule has 0 bridgehead atoms. The molecule has 2 aromatic carbocycles. The number of ether oxygens (including phenoxy) is 1. The van der Waals surface area contributed by atoms with Gasteiger partial charge < -0.3 is 29.8 Å². The Morgan fingerprint density at radius 2 is 1.46 bits per heavy atom. The molecular formula is C44H54N8O4. The number of allylic oxidation sites excluding steroid dienone is 4. The van der Waals surface area contributed by atoms with Gasteiger partial charge in [-0.1, -0.05) is 92.7 Å². The van der Waals surface area contributed by atoms with E-state index in [0.717, 1.165) is 72.7 Å². The number of imidazole rings is 2. The van der Waals surface area contributed by atoms with E-state index >= 15 is 0 Å². The number of hydrogen-bond acceptors (Lipinski definition) is 7. The number of carbonyl (C=O) groups excluding carboxylic acids is 3. The highest BCUT2D eigenvalue weighted by atomic mass is 16.5. The van der Waals surface area contributed by atoms with Crippen molar-refractivity contribution in [1.82, 2.24) is 40.0 Å². The molecule has 7 rings (SSSR count). The Morgan fingerprint density at radius 3 is 2.02 bits per heavy atom. The first-order valence-corrected chi connectivity index (χ1v) is 19.9. The van der Waals surface area contributed by atoms with Gasteiger partial charge in [0.1, 0.15) is 23.2 Å². The highest BCUT2D eigenvalue weighted by Gasteiger charge is 2.43. The summed E-state index contributed by atoms with van der Waals surface area (Å²) in [5.41, 5.74) is 3.20. The van der Waals surface area contributed by atoms with E-state index in [2.05, 4.69) is 64.4 Å². The largest absolute Gasteiger partial charge is 0.453 e. The zero-order valence-corrected chi connectivity index (χ0v) is 33.1. The molecule has 0 spiro atoms. The van der Waals surface area contributed by atoms with Crippen LogP contribution in [-0.4, -0.2) is 91.4 Å². The highest BCUT2D eigenvalue weighted by Crippen LogP contribution is 2.43. The zero-order chi connectivity index (χ0) is 39.5. The summed E-state index contributed by atoms with van der Waals surface area (Å²) >= 11 is 0. The van der Waals surface area contributed by atoms with Gasteiger partial charge in [0.25, 0.3) is 0 Å². The molecule has 4 aromatic rings. The van der Waals surface area contributed by atoms with Crippen molar-refractivity contribution in [3.8, 4) is 0 Å². The molecule has 3 N–H and O–H groups in total.